The average Bonchev–Trinajstić information content (AvgIpc) is 2.85. The molecule has 0 aliphatic carbocycles. The number of anilines is 1. The molecular weight excluding hydrogens is 294 g/mol. The Morgan fingerprint density at radius 3 is 2.55 bits per heavy atom. The summed E-state index contributed by atoms with van der Waals surface area (Å²) in [5.41, 5.74) is 8.91. The Bertz CT molecular complexity index is 882. The van der Waals surface area contributed by atoms with Crippen LogP contribution in [0.5, 0.6) is 0 Å². The van der Waals surface area contributed by atoms with E-state index >= 15 is 0 Å². The fourth-order valence-electron chi connectivity index (χ4n) is 2.59. The maximum absolute atomic E-state index is 11.9. The standard InChI is InChI=1S/C17H15N3OS/c1-11(21)12-6-2-4-8-15(12)20-10-14(19-17(18)22)13-7-3-5-9-16(13)20/h2-10H,1H3,(H3,18,19,22). The molecule has 0 fully saturated rings. The zero-order valence-electron chi connectivity index (χ0n) is 12.0. The molecule has 3 aromatic rings. The van der Waals surface area contributed by atoms with Crippen LogP contribution in [0.25, 0.3) is 16.6 Å². The summed E-state index contributed by atoms with van der Waals surface area (Å²) in [5.74, 6) is 0.0252. The van der Waals surface area contributed by atoms with Gasteiger partial charge in [0.2, 0.25) is 0 Å². The van der Waals surface area contributed by atoms with Crippen molar-refractivity contribution in [1.29, 1.82) is 0 Å². The van der Waals surface area contributed by atoms with E-state index < -0.39 is 0 Å². The van der Waals surface area contributed by atoms with Crippen molar-refractivity contribution >= 4 is 39.7 Å². The number of aromatic nitrogens is 1. The second-order valence-electron chi connectivity index (χ2n) is 4.99. The summed E-state index contributed by atoms with van der Waals surface area (Å²) >= 11 is 4.94. The lowest BCUT2D eigenvalue weighted by Gasteiger charge is -2.09. The van der Waals surface area contributed by atoms with Gasteiger partial charge in [0.25, 0.3) is 0 Å². The number of carbonyl (C=O) groups is 1. The second-order valence-corrected chi connectivity index (χ2v) is 5.43. The number of hydrogen-bond acceptors (Lipinski definition) is 2. The highest BCUT2D eigenvalue weighted by molar-refractivity contribution is 7.80. The molecule has 4 nitrogen and oxygen atoms in total. The number of carbonyl (C=O) groups excluding carboxylic acids is 1. The number of fused-ring (bicyclic) bond motifs is 1. The molecule has 0 aliphatic rings. The quantitative estimate of drug-likeness (QED) is 0.574. The molecule has 0 bridgehead atoms. The molecule has 1 aromatic heterocycles. The van der Waals surface area contributed by atoms with Crippen LogP contribution in [0.2, 0.25) is 0 Å². The first-order valence-corrected chi connectivity index (χ1v) is 7.25. The SMILES string of the molecule is CC(=O)c1ccccc1-n1cc(NC(N)=S)c2ccccc21. The van der Waals surface area contributed by atoms with Crippen molar-refractivity contribution in [2.75, 3.05) is 5.32 Å². The predicted molar refractivity (Wildman–Crippen MR) is 93.7 cm³/mol. The van der Waals surface area contributed by atoms with E-state index in [0.29, 0.717) is 5.56 Å². The minimum absolute atomic E-state index is 0.0252. The van der Waals surface area contributed by atoms with Gasteiger partial charge in [-0.25, -0.2) is 0 Å². The molecule has 3 rings (SSSR count). The van der Waals surface area contributed by atoms with Crippen LogP contribution in [-0.2, 0) is 0 Å². The summed E-state index contributed by atoms with van der Waals surface area (Å²) < 4.78 is 1.98. The molecule has 0 unspecified atom stereocenters. The van der Waals surface area contributed by atoms with Crippen molar-refractivity contribution in [3.05, 3.63) is 60.3 Å². The first kappa shape index (κ1) is 14.3. The highest BCUT2D eigenvalue weighted by atomic mass is 32.1. The number of Topliss-reactive ketones (excluding diaryl/α,β-unsaturated/α-hetero) is 1. The Morgan fingerprint density at radius 1 is 1.14 bits per heavy atom. The van der Waals surface area contributed by atoms with E-state index in [9.17, 15) is 4.79 Å². The van der Waals surface area contributed by atoms with E-state index in [0.717, 1.165) is 22.3 Å². The lowest BCUT2D eigenvalue weighted by atomic mass is 10.1. The lowest BCUT2D eigenvalue weighted by molar-refractivity contribution is 0.101. The van der Waals surface area contributed by atoms with Crippen molar-refractivity contribution < 1.29 is 4.79 Å². The van der Waals surface area contributed by atoms with Gasteiger partial charge in [-0.15, -0.1) is 0 Å². The zero-order valence-corrected chi connectivity index (χ0v) is 12.9. The van der Waals surface area contributed by atoms with Crippen LogP contribution in [0, 0.1) is 0 Å². The van der Waals surface area contributed by atoms with Gasteiger partial charge in [0.15, 0.2) is 10.9 Å². The summed E-state index contributed by atoms with van der Waals surface area (Å²) in [6.45, 7) is 1.57. The van der Waals surface area contributed by atoms with Crippen LogP contribution in [0.1, 0.15) is 17.3 Å². The van der Waals surface area contributed by atoms with Gasteiger partial charge in [-0.2, -0.15) is 0 Å². The van der Waals surface area contributed by atoms with E-state index in [1.165, 1.54) is 0 Å². The van der Waals surface area contributed by atoms with Crippen LogP contribution in [0.3, 0.4) is 0 Å². The summed E-state index contributed by atoms with van der Waals surface area (Å²) in [7, 11) is 0. The van der Waals surface area contributed by atoms with Gasteiger partial charge in [0.05, 0.1) is 16.9 Å². The number of ketones is 1. The number of nitrogens with zero attached hydrogens (tertiary/aromatic N) is 1. The molecule has 3 N–H and O–H groups in total. The predicted octanol–water partition coefficient (Wildman–Crippen LogP) is 3.49. The first-order valence-electron chi connectivity index (χ1n) is 6.85. The Labute approximate surface area is 133 Å². The Morgan fingerprint density at radius 2 is 1.82 bits per heavy atom. The number of hydrogen-bond donors (Lipinski definition) is 2. The lowest BCUT2D eigenvalue weighted by Crippen LogP contribution is -2.18. The van der Waals surface area contributed by atoms with E-state index in [2.05, 4.69) is 5.32 Å². The number of benzene rings is 2. The second kappa shape index (κ2) is 5.61. The highest BCUT2D eigenvalue weighted by Gasteiger charge is 2.13. The normalized spacial score (nSPS) is 10.6. The maximum atomic E-state index is 11.9. The van der Waals surface area contributed by atoms with Crippen LogP contribution in [0.4, 0.5) is 5.69 Å². The zero-order chi connectivity index (χ0) is 15.7. The van der Waals surface area contributed by atoms with Crippen molar-refractivity contribution in [3.8, 4) is 5.69 Å². The van der Waals surface area contributed by atoms with Gasteiger partial charge in [-0.3, -0.25) is 4.79 Å². The Balaban J connectivity index is 2.28. The number of nitrogens with one attached hydrogen (secondary N) is 1. The van der Waals surface area contributed by atoms with Gasteiger partial charge in [0, 0.05) is 17.1 Å². The van der Waals surface area contributed by atoms with E-state index in [1.807, 2.05) is 59.3 Å². The molecule has 0 radical (unpaired) electrons. The van der Waals surface area contributed by atoms with E-state index in [-0.39, 0.29) is 10.9 Å². The third-order valence-electron chi connectivity index (χ3n) is 3.51. The topological polar surface area (TPSA) is 60.0 Å². The average molecular weight is 309 g/mol. The molecule has 1 heterocycles. The van der Waals surface area contributed by atoms with Gasteiger partial charge in [0.1, 0.15) is 0 Å². The van der Waals surface area contributed by atoms with Crippen molar-refractivity contribution in [2.24, 2.45) is 5.73 Å². The maximum Gasteiger partial charge on any atom is 0.168 e. The number of nitrogens with two attached hydrogens (primary N) is 1. The van der Waals surface area contributed by atoms with Gasteiger partial charge in [-0.05, 0) is 37.3 Å². The Hall–Kier alpha value is -2.66. The molecule has 5 heteroatoms. The van der Waals surface area contributed by atoms with Gasteiger partial charge >= 0.3 is 0 Å². The fraction of sp³-hybridized carbons (Fsp3) is 0.0588. The fourth-order valence-corrected chi connectivity index (χ4v) is 2.70. The summed E-state index contributed by atoms with van der Waals surface area (Å²) in [5, 5.41) is 4.20. The third kappa shape index (κ3) is 2.46. The van der Waals surface area contributed by atoms with Crippen LogP contribution < -0.4 is 11.1 Å². The van der Waals surface area contributed by atoms with Crippen LogP contribution in [0.15, 0.2) is 54.7 Å². The summed E-state index contributed by atoms with van der Waals surface area (Å²) in [4.78, 5) is 11.9. The monoisotopic (exact) mass is 309 g/mol. The summed E-state index contributed by atoms with van der Waals surface area (Å²) in [6, 6.07) is 15.4. The summed E-state index contributed by atoms with van der Waals surface area (Å²) in [6.07, 6.45) is 1.91. The molecule has 2 aromatic carbocycles. The largest absolute Gasteiger partial charge is 0.376 e. The van der Waals surface area contributed by atoms with Crippen LogP contribution >= 0.6 is 12.2 Å². The van der Waals surface area contributed by atoms with Gasteiger partial charge in [-0.1, -0.05) is 30.3 Å². The molecule has 0 atom stereocenters. The molecule has 0 saturated carbocycles. The molecule has 0 spiro atoms. The number of para-hydroxylation sites is 2. The molecule has 22 heavy (non-hydrogen) atoms. The smallest absolute Gasteiger partial charge is 0.168 e. The van der Waals surface area contributed by atoms with Crippen molar-refractivity contribution in [3.63, 3.8) is 0 Å². The first-order chi connectivity index (χ1) is 10.6. The highest BCUT2D eigenvalue weighted by Crippen LogP contribution is 2.30. The molecule has 110 valence electrons. The Kier molecular flexibility index (Phi) is 3.65. The third-order valence-corrected chi connectivity index (χ3v) is 3.61. The number of rotatable bonds is 3. The minimum atomic E-state index is 0.0252. The minimum Gasteiger partial charge on any atom is -0.376 e. The van der Waals surface area contributed by atoms with Crippen molar-refractivity contribution in [1.82, 2.24) is 4.57 Å². The molecule has 0 saturated heterocycles. The van der Waals surface area contributed by atoms with Crippen molar-refractivity contribution in [2.45, 2.75) is 6.92 Å². The molecule has 0 amide bonds. The van der Waals surface area contributed by atoms with Gasteiger partial charge < -0.3 is 15.6 Å². The van der Waals surface area contributed by atoms with E-state index in [4.69, 9.17) is 18.0 Å². The van der Waals surface area contributed by atoms with E-state index in [1.54, 1.807) is 6.92 Å². The molecule has 0 aliphatic heterocycles. The molecular formula is C17H15N3OS. The van der Waals surface area contributed by atoms with Crippen LogP contribution in [-0.4, -0.2) is 15.5 Å². The number of thiocarbonyl (C=S) groups is 1.